The molecule has 0 aliphatic carbocycles. The highest BCUT2D eigenvalue weighted by Gasteiger charge is 2.06. The van der Waals surface area contributed by atoms with Crippen LogP contribution in [0.25, 0.3) is 10.9 Å². The first-order valence-corrected chi connectivity index (χ1v) is 6.41. The molecule has 2 heterocycles. The lowest BCUT2D eigenvalue weighted by molar-refractivity contribution is 1.21. The molecule has 94 valence electrons. The van der Waals surface area contributed by atoms with Gasteiger partial charge in [0.05, 0.1) is 11.7 Å². The van der Waals surface area contributed by atoms with E-state index in [1.165, 1.54) is 0 Å². The average molecular weight is 316 g/mol. The van der Waals surface area contributed by atoms with Crippen molar-refractivity contribution < 1.29 is 0 Å². The summed E-state index contributed by atoms with van der Waals surface area (Å²) >= 11 is 3.43. The first-order chi connectivity index (χ1) is 9.22. The number of halogens is 1. The van der Waals surface area contributed by atoms with E-state index in [9.17, 15) is 0 Å². The normalized spacial score (nSPS) is 10.6. The van der Waals surface area contributed by atoms with Gasteiger partial charge in [0.25, 0.3) is 0 Å². The zero-order chi connectivity index (χ0) is 13.2. The van der Waals surface area contributed by atoms with E-state index in [1.54, 1.807) is 12.4 Å². The van der Waals surface area contributed by atoms with E-state index in [0.29, 0.717) is 11.3 Å². The van der Waals surface area contributed by atoms with E-state index >= 15 is 0 Å². The Morgan fingerprint density at radius 1 is 1.16 bits per heavy atom. The van der Waals surface area contributed by atoms with Gasteiger partial charge in [0.2, 0.25) is 5.95 Å². The molecule has 0 bridgehead atoms. The lowest BCUT2D eigenvalue weighted by Crippen LogP contribution is -2.01. The Labute approximate surface area is 118 Å². The standard InChI is InChI=1S/C13H10BrN5/c14-8-2-1-3-9(6-8)17-12-10-4-5-16-7-11(10)18-13(15)19-12/h1-7H,(H3,15,17,18,19). The molecular formula is C13H10BrN5. The predicted molar refractivity (Wildman–Crippen MR) is 79.2 cm³/mol. The van der Waals surface area contributed by atoms with Gasteiger partial charge in [-0.3, -0.25) is 4.98 Å². The van der Waals surface area contributed by atoms with Crippen molar-refractivity contribution in [1.29, 1.82) is 0 Å². The number of pyridine rings is 1. The van der Waals surface area contributed by atoms with Crippen LogP contribution in [0.4, 0.5) is 17.5 Å². The molecule has 0 saturated heterocycles. The Bertz CT molecular complexity index is 744. The Hall–Kier alpha value is -2.21. The molecule has 5 nitrogen and oxygen atoms in total. The summed E-state index contributed by atoms with van der Waals surface area (Å²) in [6.07, 6.45) is 3.37. The molecular weight excluding hydrogens is 306 g/mol. The molecule has 0 atom stereocenters. The SMILES string of the molecule is Nc1nc(Nc2cccc(Br)c2)c2ccncc2n1. The van der Waals surface area contributed by atoms with Crippen molar-refractivity contribution >= 4 is 44.3 Å². The minimum absolute atomic E-state index is 0.220. The van der Waals surface area contributed by atoms with Crippen molar-refractivity contribution in [2.24, 2.45) is 0 Å². The number of nitrogen functional groups attached to an aromatic ring is 1. The molecule has 2 aromatic heterocycles. The molecule has 0 radical (unpaired) electrons. The van der Waals surface area contributed by atoms with E-state index in [1.807, 2.05) is 30.3 Å². The highest BCUT2D eigenvalue weighted by Crippen LogP contribution is 2.25. The summed E-state index contributed by atoms with van der Waals surface area (Å²) in [7, 11) is 0. The van der Waals surface area contributed by atoms with E-state index in [0.717, 1.165) is 15.5 Å². The van der Waals surface area contributed by atoms with Gasteiger partial charge in [-0.2, -0.15) is 4.98 Å². The Kier molecular flexibility index (Phi) is 3.00. The second-order valence-corrected chi connectivity index (χ2v) is 4.87. The van der Waals surface area contributed by atoms with Crippen LogP contribution >= 0.6 is 15.9 Å². The fourth-order valence-corrected chi connectivity index (χ4v) is 2.20. The van der Waals surface area contributed by atoms with Crippen molar-refractivity contribution in [1.82, 2.24) is 15.0 Å². The van der Waals surface area contributed by atoms with Crippen LogP contribution < -0.4 is 11.1 Å². The fraction of sp³-hybridized carbons (Fsp3) is 0. The number of aromatic nitrogens is 3. The second kappa shape index (κ2) is 4.81. The third kappa shape index (κ3) is 2.48. The molecule has 0 saturated carbocycles. The van der Waals surface area contributed by atoms with Gasteiger partial charge in [0, 0.05) is 21.7 Å². The quantitative estimate of drug-likeness (QED) is 0.759. The largest absolute Gasteiger partial charge is 0.368 e. The minimum Gasteiger partial charge on any atom is -0.368 e. The summed E-state index contributed by atoms with van der Waals surface area (Å²) in [6.45, 7) is 0. The fourth-order valence-electron chi connectivity index (χ4n) is 1.80. The highest BCUT2D eigenvalue weighted by atomic mass is 79.9. The summed E-state index contributed by atoms with van der Waals surface area (Å²) in [5.74, 6) is 0.890. The summed E-state index contributed by atoms with van der Waals surface area (Å²) in [5.41, 5.74) is 7.35. The van der Waals surface area contributed by atoms with Crippen LogP contribution in [-0.2, 0) is 0 Å². The van der Waals surface area contributed by atoms with Crippen molar-refractivity contribution in [3.05, 3.63) is 47.2 Å². The smallest absolute Gasteiger partial charge is 0.222 e. The number of nitrogens with zero attached hydrogens (tertiary/aromatic N) is 3. The maximum atomic E-state index is 5.71. The van der Waals surface area contributed by atoms with Crippen LogP contribution in [0.15, 0.2) is 47.2 Å². The molecule has 0 unspecified atom stereocenters. The van der Waals surface area contributed by atoms with Crippen molar-refractivity contribution in [3.8, 4) is 0 Å². The number of nitrogens with two attached hydrogens (primary N) is 1. The Morgan fingerprint density at radius 2 is 2.05 bits per heavy atom. The summed E-state index contributed by atoms with van der Waals surface area (Å²) < 4.78 is 0.991. The summed E-state index contributed by atoms with van der Waals surface area (Å²) in [4.78, 5) is 12.4. The maximum absolute atomic E-state index is 5.71. The van der Waals surface area contributed by atoms with Crippen LogP contribution in [0.3, 0.4) is 0 Å². The number of nitrogens with one attached hydrogen (secondary N) is 1. The second-order valence-electron chi connectivity index (χ2n) is 3.96. The Morgan fingerprint density at radius 3 is 2.89 bits per heavy atom. The summed E-state index contributed by atoms with van der Waals surface area (Å²) in [6, 6.07) is 9.68. The van der Waals surface area contributed by atoms with E-state index in [-0.39, 0.29) is 5.95 Å². The number of hydrogen-bond donors (Lipinski definition) is 2. The molecule has 3 N–H and O–H groups in total. The van der Waals surface area contributed by atoms with Gasteiger partial charge in [-0.15, -0.1) is 0 Å². The molecule has 3 rings (SSSR count). The van der Waals surface area contributed by atoms with Gasteiger partial charge in [-0.05, 0) is 24.3 Å². The minimum atomic E-state index is 0.220. The average Bonchev–Trinajstić information content (AvgIpc) is 2.38. The van der Waals surface area contributed by atoms with Gasteiger partial charge in [-0.25, -0.2) is 4.98 Å². The third-order valence-electron chi connectivity index (χ3n) is 2.60. The van der Waals surface area contributed by atoms with Crippen molar-refractivity contribution in [2.45, 2.75) is 0 Å². The third-order valence-corrected chi connectivity index (χ3v) is 3.10. The molecule has 3 aromatic rings. The first-order valence-electron chi connectivity index (χ1n) is 5.62. The molecule has 0 aliphatic rings. The van der Waals surface area contributed by atoms with Gasteiger partial charge in [-0.1, -0.05) is 22.0 Å². The van der Waals surface area contributed by atoms with Crippen LogP contribution in [-0.4, -0.2) is 15.0 Å². The van der Waals surface area contributed by atoms with E-state index in [4.69, 9.17) is 5.73 Å². The molecule has 0 amide bonds. The van der Waals surface area contributed by atoms with E-state index < -0.39 is 0 Å². The predicted octanol–water partition coefficient (Wildman–Crippen LogP) is 3.11. The van der Waals surface area contributed by atoms with Gasteiger partial charge < -0.3 is 11.1 Å². The zero-order valence-electron chi connectivity index (χ0n) is 9.84. The van der Waals surface area contributed by atoms with Crippen molar-refractivity contribution in [3.63, 3.8) is 0 Å². The van der Waals surface area contributed by atoms with Crippen molar-refractivity contribution in [2.75, 3.05) is 11.1 Å². The Balaban J connectivity index is 2.09. The number of anilines is 3. The van der Waals surface area contributed by atoms with Gasteiger partial charge in [0.1, 0.15) is 5.82 Å². The molecule has 0 aliphatic heterocycles. The number of rotatable bonds is 2. The first kappa shape index (κ1) is 11.9. The number of benzene rings is 1. The van der Waals surface area contributed by atoms with Crippen LogP contribution in [0, 0.1) is 0 Å². The molecule has 6 heteroatoms. The van der Waals surface area contributed by atoms with Crippen LogP contribution in [0.5, 0.6) is 0 Å². The number of hydrogen-bond acceptors (Lipinski definition) is 5. The molecule has 0 fully saturated rings. The lowest BCUT2D eigenvalue weighted by atomic mass is 10.2. The number of fused-ring (bicyclic) bond motifs is 1. The monoisotopic (exact) mass is 315 g/mol. The van der Waals surface area contributed by atoms with Gasteiger partial charge in [0.15, 0.2) is 0 Å². The van der Waals surface area contributed by atoms with Gasteiger partial charge >= 0.3 is 0 Å². The zero-order valence-corrected chi connectivity index (χ0v) is 11.4. The molecule has 0 spiro atoms. The highest BCUT2D eigenvalue weighted by molar-refractivity contribution is 9.10. The lowest BCUT2D eigenvalue weighted by Gasteiger charge is -2.09. The van der Waals surface area contributed by atoms with Crippen LogP contribution in [0.1, 0.15) is 0 Å². The summed E-state index contributed by atoms with van der Waals surface area (Å²) in [5, 5.41) is 4.12. The van der Waals surface area contributed by atoms with Crippen LogP contribution in [0.2, 0.25) is 0 Å². The topological polar surface area (TPSA) is 76.7 Å². The van der Waals surface area contributed by atoms with E-state index in [2.05, 4.69) is 36.2 Å². The molecule has 19 heavy (non-hydrogen) atoms. The molecule has 1 aromatic carbocycles. The maximum Gasteiger partial charge on any atom is 0.222 e.